The predicted octanol–water partition coefficient (Wildman–Crippen LogP) is 14.7. The van der Waals surface area contributed by atoms with Gasteiger partial charge < -0.3 is 9.13 Å². The van der Waals surface area contributed by atoms with Gasteiger partial charge >= 0.3 is 0 Å². The zero-order valence-corrected chi connectivity index (χ0v) is 30.6. The molecule has 12 aromatic rings. The van der Waals surface area contributed by atoms with E-state index in [-0.39, 0.29) is 0 Å². The Morgan fingerprint density at radius 1 is 0.309 bits per heavy atom. The minimum absolute atomic E-state index is 1.16. The van der Waals surface area contributed by atoms with Gasteiger partial charge in [0.2, 0.25) is 0 Å². The Hall–Kier alpha value is -6.94. The van der Waals surface area contributed by atoms with Gasteiger partial charge in [-0.15, -0.1) is 11.3 Å². The first kappa shape index (κ1) is 30.5. The van der Waals surface area contributed by atoms with Crippen molar-refractivity contribution in [3.8, 4) is 33.6 Å². The second-order valence-corrected chi connectivity index (χ2v) is 15.6. The van der Waals surface area contributed by atoms with Gasteiger partial charge in [0.05, 0.1) is 22.1 Å². The van der Waals surface area contributed by atoms with E-state index in [2.05, 4.69) is 203 Å². The van der Waals surface area contributed by atoms with Crippen molar-refractivity contribution in [3.05, 3.63) is 194 Å². The third kappa shape index (κ3) is 4.60. The average Bonchev–Trinajstić information content (AvgIpc) is 3.91. The van der Waals surface area contributed by atoms with E-state index in [1.165, 1.54) is 102 Å². The van der Waals surface area contributed by atoms with Gasteiger partial charge in [-0.05, 0) is 99.8 Å². The summed E-state index contributed by atoms with van der Waals surface area (Å²) >= 11 is 1.91. The number of rotatable bonds is 4. The number of para-hydroxylation sites is 1. The van der Waals surface area contributed by atoms with Crippen LogP contribution in [0.15, 0.2) is 194 Å². The lowest BCUT2D eigenvalue weighted by Crippen LogP contribution is -1.94. The molecule has 0 aliphatic carbocycles. The van der Waals surface area contributed by atoms with E-state index in [0.717, 1.165) is 5.69 Å². The summed E-state index contributed by atoms with van der Waals surface area (Å²) in [7, 11) is 0. The van der Waals surface area contributed by atoms with E-state index in [1.807, 2.05) is 11.3 Å². The first-order valence-electron chi connectivity index (χ1n) is 18.8. The van der Waals surface area contributed by atoms with Crippen molar-refractivity contribution in [1.82, 2.24) is 9.13 Å². The molecule has 0 aliphatic rings. The first-order chi connectivity index (χ1) is 27.3. The van der Waals surface area contributed by atoms with E-state index < -0.39 is 0 Å². The second kappa shape index (κ2) is 11.8. The Bertz CT molecular complexity index is 3470. The molecule has 0 aliphatic heterocycles. The van der Waals surface area contributed by atoms with Gasteiger partial charge in [-0.1, -0.05) is 127 Å². The van der Waals surface area contributed by atoms with Crippen LogP contribution in [0.25, 0.3) is 108 Å². The van der Waals surface area contributed by atoms with Crippen LogP contribution in [-0.2, 0) is 0 Å². The van der Waals surface area contributed by atoms with Crippen molar-refractivity contribution in [2.24, 2.45) is 0 Å². The number of thiophene rings is 1. The summed E-state index contributed by atoms with van der Waals surface area (Å²) in [5.74, 6) is 0. The molecule has 9 aromatic carbocycles. The third-order valence-electron chi connectivity index (χ3n) is 11.5. The highest BCUT2D eigenvalue weighted by Crippen LogP contribution is 2.45. The molecule has 0 radical (unpaired) electrons. The summed E-state index contributed by atoms with van der Waals surface area (Å²) in [4.78, 5) is 0. The summed E-state index contributed by atoms with van der Waals surface area (Å²) in [5.41, 5.74) is 12.1. The van der Waals surface area contributed by atoms with E-state index in [4.69, 9.17) is 0 Å². The molecule has 2 nitrogen and oxygen atoms in total. The number of fused-ring (bicyclic) bond motifs is 11. The fourth-order valence-electron chi connectivity index (χ4n) is 8.92. The van der Waals surface area contributed by atoms with Crippen LogP contribution in [0.4, 0.5) is 0 Å². The van der Waals surface area contributed by atoms with Crippen molar-refractivity contribution in [1.29, 1.82) is 0 Å². The highest BCUT2D eigenvalue weighted by atomic mass is 32.1. The molecule has 256 valence electrons. The fraction of sp³-hybridized carbons (Fsp3) is 0. The Morgan fingerprint density at radius 3 is 1.73 bits per heavy atom. The van der Waals surface area contributed by atoms with Crippen molar-refractivity contribution in [2.45, 2.75) is 0 Å². The number of benzene rings is 9. The lowest BCUT2D eigenvalue weighted by molar-refractivity contribution is 1.18. The summed E-state index contributed by atoms with van der Waals surface area (Å²) in [6.45, 7) is 0. The van der Waals surface area contributed by atoms with Crippen molar-refractivity contribution in [2.75, 3.05) is 0 Å². The lowest BCUT2D eigenvalue weighted by Gasteiger charge is -2.11. The maximum atomic E-state index is 2.46. The van der Waals surface area contributed by atoms with Crippen LogP contribution in [0.2, 0.25) is 0 Å². The highest BCUT2D eigenvalue weighted by molar-refractivity contribution is 7.26. The molecule has 0 atom stereocenters. The third-order valence-corrected chi connectivity index (χ3v) is 12.7. The van der Waals surface area contributed by atoms with Crippen LogP contribution in [0.5, 0.6) is 0 Å². The maximum absolute atomic E-state index is 2.46. The van der Waals surface area contributed by atoms with Crippen LogP contribution in [-0.4, -0.2) is 9.13 Å². The van der Waals surface area contributed by atoms with Gasteiger partial charge in [-0.3, -0.25) is 0 Å². The van der Waals surface area contributed by atoms with Gasteiger partial charge in [-0.25, -0.2) is 0 Å². The zero-order chi connectivity index (χ0) is 36.0. The molecule has 0 bridgehead atoms. The molecule has 3 aromatic heterocycles. The Kier molecular flexibility index (Phi) is 6.54. The molecule has 55 heavy (non-hydrogen) atoms. The molecular weight excluding hydrogens is 685 g/mol. The molecule has 0 saturated heterocycles. The second-order valence-electron chi connectivity index (χ2n) is 14.5. The van der Waals surface area contributed by atoms with Crippen LogP contribution in [0.3, 0.4) is 0 Å². The molecule has 3 heteroatoms. The molecule has 3 heterocycles. The quantitative estimate of drug-likeness (QED) is 0.172. The molecule has 0 unspecified atom stereocenters. The summed E-state index contributed by atoms with van der Waals surface area (Å²) in [6.07, 6.45) is 0. The van der Waals surface area contributed by atoms with Gasteiger partial charge in [-0.2, -0.15) is 0 Å². The summed E-state index contributed by atoms with van der Waals surface area (Å²) in [5, 5.41) is 10.2. The normalized spacial score (nSPS) is 12.0. The molecule has 0 saturated carbocycles. The van der Waals surface area contributed by atoms with Crippen molar-refractivity contribution < 1.29 is 0 Å². The van der Waals surface area contributed by atoms with Crippen molar-refractivity contribution in [3.63, 3.8) is 0 Å². The fourth-order valence-corrected chi connectivity index (χ4v) is 10.2. The van der Waals surface area contributed by atoms with Crippen LogP contribution in [0, 0.1) is 0 Å². The molecule has 0 amide bonds. The van der Waals surface area contributed by atoms with Gasteiger partial charge in [0.1, 0.15) is 0 Å². The van der Waals surface area contributed by atoms with Crippen LogP contribution >= 0.6 is 11.3 Å². The number of aromatic nitrogens is 2. The SMILES string of the molecule is c1ccc(-c2ccc(-n3c4ccccc4c4cc(-c5ccc6c(c5)c5c7sc8ccccc8c7ccc5n6-c5ccc6ccccc6c5)ccc43)cc2)cc1. The summed E-state index contributed by atoms with van der Waals surface area (Å²) in [6, 6.07) is 71.4. The van der Waals surface area contributed by atoms with Gasteiger partial charge in [0, 0.05) is 53.1 Å². The van der Waals surface area contributed by atoms with Crippen molar-refractivity contribution >= 4 is 85.9 Å². The maximum Gasteiger partial charge on any atom is 0.0555 e. The average molecular weight is 717 g/mol. The number of hydrogen-bond acceptors (Lipinski definition) is 1. The van der Waals surface area contributed by atoms with E-state index in [9.17, 15) is 0 Å². The molecule has 0 N–H and O–H groups in total. The highest BCUT2D eigenvalue weighted by Gasteiger charge is 2.19. The first-order valence-corrected chi connectivity index (χ1v) is 19.7. The van der Waals surface area contributed by atoms with Gasteiger partial charge in [0.15, 0.2) is 0 Å². The van der Waals surface area contributed by atoms with E-state index in [1.54, 1.807) is 0 Å². The molecule has 0 fully saturated rings. The number of nitrogens with zero attached hydrogens (tertiary/aromatic N) is 2. The summed E-state index contributed by atoms with van der Waals surface area (Å²) < 4.78 is 7.54. The Morgan fingerprint density at radius 2 is 0.891 bits per heavy atom. The van der Waals surface area contributed by atoms with Crippen LogP contribution < -0.4 is 0 Å². The monoisotopic (exact) mass is 716 g/mol. The Labute approximate surface area is 321 Å². The molecule has 12 rings (SSSR count). The Balaban J connectivity index is 1.07. The lowest BCUT2D eigenvalue weighted by atomic mass is 10.00. The molecular formula is C52H32N2S. The standard InChI is InChI=1S/C52H32N2S/c1-2-10-33(11-3-1)35-18-23-39(24-19-35)53-46-16-8-6-14-41(46)44-31-37(21-27-47(44)53)38-22-28-48-45(32-38)51-49(29-26-43-42-15-7-9-17-50(42)55-52(43)51)54(48)40-25-20-34-12-4-5-13-36(34)30-40/h1-32H. The minimum Gasteiger partial charge on any atom is -0.309 e. The molecule has 0 spiro atoms. The minimum atomic E-state index is 1.16. The predicted molar refractivity (Wildman–Crippen MR) is 236 cm³/mol. The topological polar surface area (TPSA) is 9.86 Å². The van der Waals surface area contributed by atoms with E-state index >= 15 is 0 Å². The largest absolute Gasteiger partial charge is 0.309 e. The van der Waals surface area contributed by atoms with Crippen LogP contribution in [0.1, 0.15) is 0 Å². The van der Waals surface area contributed by atoms with Gasteiger partial charge in [0.25, 0.3) is 0 Å². The zero-order valence-electron chi connectivity index (χ0n) is 29.8. The smallest absolute Gasteiger partial charge is 0.0555 e. The number of hydrogen-bond donors (Lipinski definition) is 0. The van der Waals surface area contributed by atoms with E-state index in [0.29, 0.717) is 0 Å².